The maximum Gasteiger partial charge on any atom is 0.279 e. The minimum Gasteiger partial charge on any atom is -0.352 e. The second-order valence-electron chi connectivity index (χ2n) is 6.08. The van der Waals surface area contributed by atoms with Gasteiger partial charge >= 0.3 is 0 Å². The van der Waals surface area contributed by atoms with Crippen LogP contribution >= 0.6 is 0 Å². The molecule has 0 bridgehead atoms. The molecule has 0 aliphatic carbocycles. The summed E-state index contributed by atoms with van der Waals surface area (Å²) in [5.74, 6) is -0.740. The minimum absolute atomic E-state index is 0.0351. The fraction of sp³-hybridized carbons (Fsp3) is 0.263. The van der Waals surface area contributed by atoms with Crippen molar-refractivity contribution in [1.29, 1.82) is 5.26 Å². The van der Waals surface area contributed by atoms with E-state index in [0.29, 0.717) is 23.4 Å². The average Bonchev–Trinajstić information content (AvgIpc) is 3.02. The van der Waals surface area contributed by atoms with E-state index in [-0.39, 0.29) is 17.6 Å². The van der Waals surface area contributed by atoms with Crippen molar-refractivity contribution in [2.45, 2.75) is 26.3 Å². The second-order valence-corrected chi connectivity index (χ2v) is 6.08. The summed E-state index contributed by atoms with van der Waals surface area (Å²) in [5.41, 5.74) is 2.11. The molecular weight excluding hydrogens is 321 g/mol. The number of hydroxylamine groups is 2. The Morgan fingerprint density at radius 1 is 1.32 bits per heavy atom. The minimum atomic E-state index is -0.424. The lowest BCUT2D eigenvalue weighted by Gasteiger charge is -2.21. The monoisotopic (exact) mass is 339 g/mol. The number of hydrogen-bond acceptors (Lipinski definition) is 4. The quantitative estimate of drug-likeness (QED) is 0.920. The van der Waals surface area contributed by atoms with E-state index in [4.69, 9.17) is 10.1 Å². The lowest BCUT2D eigenvalue weighted by Crippen LogP contribution is -2.33. The van der Waals surface area contributed by atoms with Crippen molar-refractivity contribution >= 4 is 17.3 Å². The highest BCUT2D eigenvalue weighted by atomic mass is 19.1. The molecule has 1 unspecified atom stereocenters. The summed E-state index contributed by atoms with van der Waals surface area (Å²) in [6, 6.07) is 11.4. The van der Waals surface area contributed by atoms with Gasteiger partial charge in [0.25, 0.3) is 5.91 Å². The van der Waals surface area contributed by atoms with Gasteiger partial charge < -0.3 is 5.32 Å². The molecule has 128 valence electrons. The highest BCUT2D eigenvalue weighted by molar-refractivity contribution is 6.00. The molecule has 1 heterocycles. The molecule has 2 aromatic rings. The van der Waals surface area contributed by atoms with Gasteiger partial charge in [0.15, 0.2) is 0 Å². The Hall–Kier alpha value is -2.91. The first kappa shape index (κ1) is 16.9. The van der Waals surface area contributed by atoms with Crippen LogP contribution in [0.5, 0.6) is 0 Å². The molecule has 1 atom stereocenters. The van der Waals surface area contributed by atoms with E-state index in [9.17, 15) is 9.18 Å². The van der Waals surface area contributed by atoms with Crippen LogP contribution in [0.1, 0.15) is 34.8 Å². The van der Waals surface area contributed by atoms with Gasteiger partial charge in [-0.2, -0.15) is 5.26 Å². The van der Waals surface area contributed by atoms with E-state index >= 15 is 0 Å². The Morgan fingerprint density at radius 3 is 2.76 bits per heavy atom. The zero-order valence-electron chi connectivity index (χ0n) is 14.0. The molecule has 6 heteroatoms. The third-order valence-electron chi connectivity index (χ3n) is 4.14. The smallest absolute Gasteiger partial charge is 0.279 e. The summed E-state index contributed by atoms with van der Waals surface area (Å²) in [4.78, 5) is 18.2. The zero-order chi connectivity index (χ0) is 18.0. The van der Waals surface area contributed by atoms with Crippen molar-refractivity contribution in [3.8, 4) is 6.07 Å². The average molecular weight is 339 g/mol. The van der Waals surface area contributed by atoms with E-state index in [1.807, 2.05) is 13.0 Å². The zero-order valence-corrected chi connectivity index (χ0v) is 14.0. The van der Waals surface area contributed by atoms with Crippen LogP contribution in [0.3, 0.4) is 0 Å². The van der Waals surface area contributed by atoms with Crippen molar-refractivity contribution < 1.29 is 14.0 Å². The van der Waals surface area contributed by atoms with Crippen LogP contribution in [-0.4, -0.2) is 23.6 Å². The van der Waals surface area contributed by atoms with Crippen molar-refractivity contribution in [1.82, 2.24) is 5.06 Å². The first-order chi connectivity index (χ1) is 12.0. The lowest BCUT2D eigenvalue weighted by molar-refractivity contribution is -0.0925. The van der Waals surface area contributed by atoms with Gasteiger partial charge in [-0.15, -0.1) is 0 Å². The summed E-state index contributed by atoms with van der Waals surface area (Å²) >= 11 is 0. The van der Waals surface area contributed by atoms with Crippen LogP contribution in [0.4, 0.5) is 15.8 Å². The van der Waals surface area contributed by atoms with Gasteiger partial charge in [0.05, 0.1) is 41.2 Å². The van der Waals surface area contributed by atoms with Crippen LogP contribution < -0.4 is 5.32 Å². The Bertz CT molecular complexity index is 860. The first-order valence-corrected chi connectivity index (χ1v) is 8.03. The van der Waals surface area contributed by atoms with E-state index in [2.05, 4.69) is 5.32 Å². The molecule has 0 aromatic heterocycles. The maximum atomic E-state index is 14.2. The largest absolute Gasteiger partial charge is 0.352 e. The summed E-state index contributed by atoms with van der Waals surface area (Å²) < 4.78 is 14.2. The fourth-order valence-corrected chi connectivity index (χ4v) is 2.71. The van der Waals surface area contributed by atoms with Crippen molar-refractivity contribution in [3.05, 3.63) is 58.9 Å². The third kappa shape index (κ3) is 3.47. The molecule has 1 aliphatic rings. The predicted octanol–water partition coefficient (Wildman–Crippen LogP) is 3.92. The van der Waals surface area contributed by atoms with Crippen LogP contribution in [0.15, 0.2) is 36.4 Å². The van der Waals surface area contributed by atoms with Crippen molar-refractivity contribution in [3.63, 3.8) is 0 Å². The highest BCUT2D eigenvalue weighted by Crippen LogP contribution is 2.28. The maximum absolute atomic E-state index is 14.2. The van der Waals surface area contributed by atoms with E-state index < -0.39 is 5.82 Å². The number of carbonyl (C=O) groups excluding carboxylic acids is 1. The number of anilines is 2. The third-order valence-corrected chi connectivity index (χ3v) is 4.14. The second kappa shape index (κ2) is 6.91. The summed E-state index contributed by atoms with van der Waals surface area (Å²) in [5, 5.41) is 13.4. The van der Waals surface area contributed by atoms with Crippen LogP contribution in [0.25, 0.3) is 0 Å². The number of amides is 1. The van der Waals surface area contributed by atoms with Gasteiger partial charge in [-0.3, -0.25) is 9.63 Å². The van der Waals surface area contributed by atoms with Gasteiger partial charge in [0.2, 0.25) is 0 Å². The molecule has 1 fully saturated rings. The standard InChI is InChI=1S/C19H18FN3O2/c1-12-3-6-17(16(20)9-12)22-18-10-14(11-21)4-5-15(18)19(24)23-13(2)7-8-25-23/h3-6,9-10,13,22H,7-8H2,1-2H3. The van der Waals surface area contributed by atoms with Crippen molar-refractivity contribution in [2.75, 3.05) is 11.9 Å². The molecule has 1 amide bonds. The number of nitrogens with zero attached hydrogens (tertiary/aromatic N) is 2. The van der Waals surface area contributed by atoms with Gasteiger partial charge in [-0.05, 0) is 56.2 Å². The fourth-order valence-electron chi connectivity index (χ4n) is 2.71. The molecular formula is C19H18FN3O2. The number of rotatable bonds is 3. The molecule has 25 heavy (non-hydrogen) atoms. The van der Waals surface area contributed by atoms with E-state index in [1.165, 1.54) is 17.2 Å². The number of benzene rings is 2. The summed E-state index contributed by atoms with van der Waals surface area (Å²) in [6.45, 7) is 4.18. The topological polar surface area (TPSA) is 65.4 Å². The molecule has 0 saturated carbocycles. The summed E-state index contributed by atoms with van der Waals surface area (Å²) in [7, 11) is 0. The van der Waals surface area contributed by atoms with Crippen LogP contribution in [0.2, 0.25) is 0 Å². The van der Waals surface area contributed by atoms with Crippen LogP contribution in [0, 0.1) is 24.1 Å². The highest BCUT2D eigenvalue weighted by Gasteiger charge is 2.29. The van der Waals surface area contributed by atoms with E-state index in [0.717, 1.165) is 12.0 Å². The molecule has 5 nitrogen and oxygen atoms in total. The van der Waals surface area contributed by atoms with E-state index in [1.54, 1.807) is 31.2 Å². The number of halogens is 1. The Kier molecular flexibility index (Phi) is 4.68. The Labute approximate surface area is 145 Å². The molecule has 0 spiro atoms. The van der Waals surface area contributed by atoms with Gasteiger partial charge in [0.1, 0.15) is 5.82 Å². The Morgan fingerprint density at radius 2 is 2.12 bits per heavy atom. The van der Waals surface area contributed by atoms with Crippen molar-refractivity contribution in [2.24, 2.45) is 0 Å². The molecule has 0 radical (unpaired) electrons. The molecule has 1 N–H and O–H groups in total. The first-order valence-electron chi connectivity index (χ1n) is 8.03. The van der Waals surface area contributed by atoms with Gasteiger partial charge in [-0.1, -0.05) is 6.07 Å². The number of aryl methyl sites for hydroxylation is 1. The van der Waals surface area contributed by atoms with Gasteiger partial charge in [0, 0.05) is 0 Å². The molecule has 1 aliphatic heterocycles. The summed E-state index contributed by atoms with van der Waals surface area (Å²) in [6.07, 6.45) is 0.761. The number of nitriles is 1. The Balaban J connectivity index is 1.99. The molecule has 1 saturated heterocycles. The molecule has 3 rings (SSSR count). The number of hydrogen-bond donors (Lipinski definition) is 1. The lowest BCUT2D eigenvalue weighted by atomic mass is 10.1. The number of nitrogens with one attached hydrogen (secondary N) is 1. The van der Waals surface area contributed by atoms with Crippen LogP contribution in [-0.2, 0) is 4.84 Å². The SMILES string of the molecule is Cc1ccc(Nc2cc(C#N)ccc2C(=O)N2OCCC2C)c(F)c1. The predicted molar refractivity (Wildman–Crippen MR) is 91.8 cm³/mol. The number of carbonyl (C=O) groups is 1. The van der Waals surface area contributed by atoms with Gasteiger partial charge in [-0.25, -0.2) is 9.45 Å². The molecule has 2 aromatic carbocycles. The normalized spacial score (nSPS) is 16.6.